The summed E-state index contributed by atoms with van der Waals surface area (Å²) in [6, 6.07) is 12.0. The Morgan fingerprint density at radius 3 is 2.45 bits per heavy atom. The number of rotatable bonds is 6. The second-order valence-corrected chi connectivity index (χ2v) is 7.85. The number of nitrogens with zero attached hydrogens (tertiary/aromatic N) is 2. The molecule has 1 unspecified atom stereocenters. The Morgan fingerprint density at radius 2 is 1.74 bits per heavy atom. The van der Waals surface area contributed by atoms with E-state index in [-0.39, 0.29) is 11.6 Å². The molecule has 7 heteroatoms. The van der Waals surface area contributed by atoms with Crippen LogP contribution in [0.1, 0.15) is 43.1 Å². The summed E-state index contributed by atoms with van der Waals surface area (Å²) in [4.78, 5) is 22.9. The molecule has 164 valence electrons. The van der Waals surface area contributed by atoms with Gasteiger partial charge in [0, 0.05) is 12.1 Å². The molecule has 1 atom stereocenters. The second-order valence-electron chi connectivity index (χ2n) is 7.85. The number of fused-ring (bicyclic) bond motifs is 1. The first-order valence-electron chi connectivity index (χ1n) is 10.7. The van der Waals surface area contributed by atoms with E-state index in [0.717, 1.165) is 25.1 Å². The number of methoxy groups -OCH3 is 3. The molecule has 7 nitrogen and oxygen atoms in total. The van der Waals surface area contributed by atoms with Gasteiger partial charge in [-0.25, -0.2) is 4.98 Å². The third-order valence-corrected chi connectivity index (χ3v) is 5.98. The van der Waals surface area contributed by atoms with Crippen LogP contribution in [0.25, 0.3) is 10.9 Å². The number of aromatic nitrogens is 2. The molecule has 0 bridgehead atoms. The monoisotopic (exact) mass is 423 g/mol. The van der Waals surface area contributed by atoms with Crippen LogP contribution in [0.15, 0.2) is 41.2 Å². The molecule has 0 saturated carbocycles. The molecule has 3 aromatic rings. The van der Waals surface area contributed by atoms with E-state index in [1.807, 2.05) is 12.1 Å². The molecule has 1 aliphatic heterocycles. The van der Waals surface area contributed by atoms with Crippen LogP contribution in [-0.4, -0.2) is 42.7 Å². The van der Waals surface area contributed by atoms with Crippen LogP contribution in [0, 0.1) is 0 Å². The summed E-state index contributed by atoms with van der Waals surface area (Å²) in [6.45, 7) is 1.54. The number of likely N-dealkylation sites (tertiary alicyclic amines) is 1. The average Bonchev–Trinajstić information content (AvgIpc) is 3.03. The zero-order valence-electron chi connectivity index (χ0n) is 18.3. The number of hydrogen-bond donors (Lipinski definition) is 1. The minimum Gasteiger partial charge on any atom is -0.497 e. The summed E-state index contributed by atoms with van der Waals surface area (Å²) in [5.74, 6) is 2.59. The van der Waals surface area contributed by atoms with Gasteiger partial charge in [-0.05, 0) is 43.1 Å². The number of benzene rings is 2. The zero-order valence-corrected chi connectivity index (χ0v) is 18.3. The minimum atomic E-state index is -0.170. The fourth-order valence-corrected chi connectivity index (χ4v) is 4.34. The van der Waals surface area contributed by atoms with Gasteiger partial charge in [-0.15, -0.1) is 0 Å². The predicted octanol–water partition coefficient (Wildman–Crippen LogP) is 4.07. The van der Waals surface area contributed by atoms with Crippen molar-refractivity contribution in [3.8, 4) is 17.2 Å². The van der Waals surface area contributed by atoms with E-state index in [4.69, 9.17) is 19.2 Å². The molecular formula is C24H29N3O4. The van der Waals surface area contributed by atoms with Gasteiger partial charge in [0.1, 0.15) is 11.6 Å². The lowest BCUT2D eigenvalue weighted by molar-refractivity contribution is 0.187. The van der Waals surface area contributed by atoms with Crippen molar-refractivity contribution in [1.82, 2.24) is 14.9 Å². The number of H-pyrrole nitrogens is 1. The number of aromatic amines is 1. The average molecular weight is 424 g/mol. The van der Waals surface area contributed by atoms with Gasteiger partial charge in [-0.2, -0.15) is 0 Å². The summed E-state index contributed by atoms with van der Waals surface area (Å²) in [7, 11) is 4.81. The highest BCUT2D eigenvalue weighted by Crippen LogP contribution is 2.33. The minimum absolute atomic E-state index is 0.170. The fraction of sp³-hybridized carbons (Fsp3) is 0.417. The zero-order chi connectivity index (χ0) is 21.8. The normalized spacial score (nSPS) is 17.3. The van der Waals surface area contributed by atoms with Crippen molar-refractivity contribution < 1.29 is 14.2 Å². The molecule has 1 aromatic heterocycles. The molecule has 1 N–H and O–H groups in total. The maximum absolute atomic E-state index is 12.8. The van der Waals surface area contributed by atoms with Crippen LogP contribution in [0.5, 0.6) is 17.2 Å². The summed E-state index contributed by atoms with van der Waals surface area (Å²) < 4.78 is 16.0. The molecule has 1 fully saturated rings. The van der Waals surface area contributed by atoms with Crippen molar-refractivity contribution in [2.24, 2.45) is 0 Å². The van der Waals surface area contributed by atoms with Gasteiger partial charge < -0.3 is 19.2 Å². The lowest BCUT2D eigenvalue weighted by Gasteiger charge is -2.30. The summed E-state index contributed by atoms with van der Waals surface area (Å²) in [6.07, 6.45) is 4.61. The largest absolute Gasteiger partial charge is 0.497 e. The summed E-state index contributed by atoms with van der Waals surface area (Å²) in [5.41, 5.74) is 1.70. The quantitative estimate of drug-likeness (QED) is 0.644. The molecule has 4 rings (SSSR count). The third-order valence-electron chi connectivity index (χ3n) is 5.98. The maximum atomic E-state index is 12.8. The van der Waals surface area contributed by atoms with E-state index < -0.39 is 0 Å². The van der Waals surface area contributed by atoms with Crippen LogP contribution in [0.4, 0.5) is 0 Å². The number of hydrogen-bond acceptors (Lipinski definition) is 6. The van der Waals surface area contributed by atoms with Crippen molar-refractivity contribution >= 4 is 10.9 Å². The highest BCUT2D eigenvalue weighted by Gasteiger charge is 2.24. The van der Waals surface area contributed by atoms with Crippen LogP contribution in [0.2, 0.25) is 0 Å². The first kappa shape index (κ1) is 21.2. The molecule has 0 aliphatic carbocycles. The molecule has 1 saturated heterocycles. The van der Waals surface area contributed by atoms with Crippen molar-refractivity contribution in [3.05, 3.63) is 58.1 Å². The Balaban J connectivity index is 1.66. The molecule has 0 amide bonds. The van der Waals surface area contributed by atoms with E-state index in [0.29, 0.717) is 34.8 Å². The Hall–Kier alpha value is -3.06. The van der Waals surface area contributed by atoms with Gasteiger partial charge >= 0.3 is 0 Å². The Labute approximate surface area is 182 Å². The first-order chi connectivity index (χ1) is 15.1. The van der Waals surface area contributed by atoms with Gasteiger partial charge in [0.2, 0.25) is 0 Å². The first-order valence-corrected chi connectivity index (χ1v) is 10.7. The Morgan fingerprint density at radius 1 is 1.00 bits per heavy atom. The van der Waals surface area contributed by atoms with Crippen LogP contribution in [-0.2, 0) is 6.54 Å². The van der Waals surface area contributed by atoms with Crippen LogP contribution < -0.4 is 19.8 Å². The standard InChI is InChI=1S/C24H29N3O4/c1-29-17-10-8-16(9-11-17)20-7-5-4-6-12-27(20)15-23-25-19-14-22(31-3)21(30-2)13-18(19)24(28)26-23/h8-11,13-14,20H,4-7,12,15H2,1-3H3,(H,25,26,28). The van der Waals surface area contributed by atoms with Gasteiger partial charge in [0.15, 0.2) is 11.5 Å². The van der Waals surface area contributed by atoms with E-state index >= 15 is 0 Å². The lowest BCUT2D eigenvalue weighted by Crippen LogP contribution is -2.30. The van der Waals surface area contributed by atoms with Crippen molar-refractivity contribution in [1.29, 1.82) is 0 Å². The molecule has 1 aliphatic rings. The lowest BCUT2D eigenvalue weighted by atomic mass is 10.0. The van der Waals surface area contributed by atoms with E-state index in [9.17, 15) is 4.79 Å². The molecule has 31 heavy (non-hydrogen) atoms. The second kappa shape index (κ2) is 9.39. The maximum Gasteiger partial charge on any atom is 0.258 e. The molecule has 2 aromatic carbocycles. The highest BCUT2D eigenvalue weighted by atomic mass is 16.5. The smallest absolute Gasteiger partial charge is 0.258 e. The number of nitrogens with one attached hydrogen (secondary N) is 1. The Bertz CT molecular complexity index is 1090. The van der Waals surface area contributed by atoms with E-state index in [1.54, 1.807) is 33.5 Å². The van der Waals surface area contributed by atoms with E-state index in [1.165, 1.54) is 18.4 Å². The van der Waals surface area contributed by atoms with Crippen LogP contribution >= 0.6 is 0 Å². The van der Waals surface area contributed by atoms with Gasteiger partial charge in [-0.1, -0.05) is 25.0 Å². The molecule has 2 heterocycles. The van der Waals surface area contributed by atoms with Gasteiger partial charge in [0.25, 0.3) is 5.56 Å². The van der Waals surface area contributed by atoms with Crippen LogP contribution in [0.3, 0.4) is 0 Å². The third kappa shape index (κ3) is 4.51. The van der Waals surface area contributed by atoms with Gasteiger partial charge in [-0.3, -0.25) is 9.69 Å². The number of ether oxygens (including phenoxy) is 3. The van der Waals surface area contributed by atoms with Gasteiger partial charge in [0.05, 0.1) is 38.8 Å². The Kier molecular flexibility index (Phi) is 6.42. The van der Waals surface area contributed by atoms with Crippen molar-refractivity contribution in [2.45, 2.75) is 38.3 Å². The van der Waals surface area contributed by atoms with Crippen molar-refractivity contribution in [3.63, 3.8) is 0 Å². The molecular weight excluding hydrogens is 394 g/mol. The molecule has 0 radical (unpaired) electrons. The van der Waals surface area contributed by atoms with Crippen molar-refractivity contribution in [2.75, 3.05) is 27.9 Å². The predicted molar refractivity (Wildman–Crippen MR) is 120 cm³/mol. The molecule has 0 spiro atoms. The summed E-state index contributed by atoms with van der Waals surface area (Å²) >= 11 is 0. The van der Waals surface area contributed by atoms with E-state index in [2.05, 4.69) is 22.0 Å². The highest BCUT2D eigenvalue weighted by molar-refractivity contribution is 5.81. The topological polar surface area (TPSA) is 76.7 Å². The fourth-order valence-electron chi connectivity index (χ4n) is 4.34. The SMILES string of the molecule is COc1ccc(C2CCCCCN2Cc2nc3cc(OC)c(OC)cc3c(=O)[nH]2)cc1. The summed E-state index contributed by atoms with van der Waals surface area (Å²) in [5, 5.41) is 0.490.